The summed E-state index contributed by atoms with van der Waals surface area (Å²) in [5.41, 5.74) is 0.0121. The number of aromatic nitrogens is 2. The summed E-state index contributed by atoms with van der Waals surface area (Å²) in [6, 6.07) is 1.29. The van der Waals surface area contributed by atoms with E-state index in [2.05, 4.69) is 14.7 Å². The third-order valence-corrected chi connectivity index (χ3v) is 7.91. The zero-order valence-electron chi connectivity index (χ0n) is 19.4. The number of nitrogens with zero attached hydrogens (tertiary/aromatic N) is 2. The van der Waals surface area contributed by atoms with Crippen molar-refractivity contribution in [2.45, 2.75) is 64.7 Å². The highest BCUT2D eigenvalue weighted by atomic mass is 32.1. The van der Waals surface area contributed by atoms with Gasteiger partial charge in [-0.25, -0.2) is 14.8 Å². The third-order valence-electron chi connectivity index (χ3n) is 7.11. The Morgan fingerprint density at radius 3 is 2.51 bits per heavy atom. The van der Waals surface area contributed by atoms with Crippen molar-refractivity contribution in [1.82, 2.24) is 9.97 Å². The molecule has 3 aliphatic carbocycles. The topological polar surface area (TPSA) is 74.5 Å². The smallest absolute Gasteiger partial charge is 0.462 e. The second kappa shape index (κ2) is 9.79. The number of alkyl halides is 3. The molecule has 6 rings (SSSR count). The molecule has 0 amide bonds. The average Bonchev–Trinajstić information content (AvgIpc) is 3.40. The van der Waals surface area contributed by atoms with Gasteiger partial charge < -0.3 is 13.9 Å². The van der Waals surface area contributed by atoms with Gasteiger partial charge in [0.25, 0.3) is 0 Å². The molecule has 0 radical (unpaired) electrons. The van der Waals surface area contributed by atoms with Crippen molar-refractivity contribution < 1.29 is 31.9 Å². The SMILES string of the molecule is CCOC(=O)c1cc(-c2nccs2)c2oc(CCC3CC4CCC(CC4)C3)nc2c1OC(F)(F)F. The van der Waals surface area contributed by atoms with Crippen LogP contribution in [-0.4, -0.2) is 28.9 Å². The van der Waals surface area contributed by atoms with Crippen LogP contribution in [0.25, 0.3) is 21.7 Å². The number of carbonyl (C=O) groups excluding carboxylic acids is 1. The Hall–Kier alpha value is -2.62. The predicted molar refractivity (Wildman–Crippen MR) is 124 cm³/mol. The molecule has 0 atom stereocenters. The van der Waals surface area contributed by atoms with Crippen LogP contribution < -0.4 is 4.74 Å². The van der Waals surface area contributed by atoms with Crippen molar-refractivity contribution in [3.8, 4) is 16.3 Å². The number of hydrogen-bond acceptors (Lipinski definition) is 7. The summed E-state index contributed by atoms with van der Waals surface area (Å²) in [4.78, 5) is 21.3. The lowest BCUT2D eigenvalue weighted by atomic mass is 9.84. The molecule has 3 aromatic rings. The maximum atomic E-state index is 13.3. The molecule has 0 N–H and O–H groups in total. The highest BCUT2D eigenvalue weighted by Gasteiger charge is 2.37. The first-order valence-electron chi connectivity index (χ1n) is 12.1. The van der Waals surface area contributed by atoms with Gasteiger partial charge in [-0.1, -0.05) is 25.7 Å². The van der Waals surface area contributed by atoms with Gasteiger partial charge >= 0.3 is 12.3 Å². The summed E-state index contributed by atoms with van der Waals surface area (Å²) in [6.07, 6.45) is 5.53. The fourth-order valence-corrected chi connectivity index (χ4v) is 6.26. The van der Waals surface area contributed by atoms with Gasteiger partial charge in [-0.2, -0.15) is 0 Å². The Kier molecular flexibility index (Phi) is 6.74. The Labute approximate surface area is 204 Å². The highest BCUT2D eigenvalue weighted by Crippen LogP contribution is 2.44. The summed E-state index contributed by atoms with van der Waals surface area (Å²) < 4.78 is 55.4. The first-order chi connectivity index (χ1) is 16.8. The van der Waals surface area contributed by atoms with E-state index in [0.717, 1.165) is 18.3 Å². The Morgan fingerprint density at radius 2 is 1.91 bits per heavy atom. The predicted octanol–water partition coefficient (Wildman–Crippen LogP) is 7.18. The molecule has 0 spiro atoms. The minimum absolute atomic E-state index is 0.00234. The zero-order valence-corrected chi connectivity index (χ0v) is 20.2. The molecular weight excluding hydrogens is 481 g/mol. The minimum atomic E-state index is -5.02. The van der Waals surface area contributed by atoms with Crippen LogP contribution in [0.5, 0.6) is 5.75 Å². The van der Waals surface area contributed by atoms with Crippen molar-refractivity contribution in [3.05, 3.63) is 29.1 Å². The second-order valence-electron chi connectivity index (χ2n) is 9.45. The number of esters is 1. The summed E-state index contributed by atoms with van der Waals surface area (Å²) in [7, 11) is 0. The maximum absolute atomic E-state index is 13.3. The number of benzene rings is 1. The van der Waals surface area contributed by atoms with Crippen LogP contribution in [-0.2, 0) is 11.2 Å². The lowest BCUT2D eigenvalue weighted by Crippen LogP contribution is -2.20. The first-order valence-corrected chi connectivity index (χ1v) is 13.0. The van der Waals surface area contributed by atoms with Crippen LogP contribution in [0.1, 0.15) is 68.1 Å². The molecule has 3 aliphatic rings. The summed E-state index contributed by atoms with van der Waals surface area (Å²) in [5.74, 6) is 0.821. The Balaban J connectivity index is 1.53. The van der Waals surface area contributed by atoms with Crippen LogP contribution >= 0.6 is 11.3 Å². The van der Waals surface area contributed by atoms with Gasteiger partial charge in [0.15, 0.2) is 22.7 Å². The number of oxazole rings is 1. The van der Waals surface area contributed by atoms with Crippen LogP contribution in [0.3, 0.4) is 0 Å². The normalized spacial score (nSPS) is 22.3. The number of thiazole rings is 1. The van der Waals surface area contributed by atoms with Gasteiger partial charge in [0.2, 0.25) is 0 Å². The minimum Gasteiger partial charge on any atom is -0.462 e. The fourth-order valence-electron chi connectivity index (χ4n) is 5.61. The molecule has 0 aliphatic heterocycles. The molecular formula is C25H27F3N2O4S. The van der Waals surface area contributed by atoms with Crippen molar-refractivity contribution in [1.29, 1.82) is 0 Å². The Morgan fingerprint density at radius 1 is 1.20 bits per heavy atom. The molecule has 1 aromatic carbocycles. The summed E-state index contributed by atoms with van der Waals surface area (Å²) in [5, 5.41) is 2.24. The standard InChI is InChI=1S/C25H27F3N2O4S/c1-2-32-24(31)18-13-17(23-29-9-10-35-23)21-20(22(18)34-25(26,27)28)30-19(33-21)8-7-16-11-14-3-4-15(12-16)6-5-14/h9-10,13-16H,2-8,11-12H2,1H3. The number of halogens is 3. The van der Waals surface area contributed by atoms with Crippen molar-refractivity contribution >= 4 is 28.4 Å². The molecule has 3 saturated carbocycles. The van der Waals surface area contributed by atoms with E-state index in [9.17, 15) is 18.0 Å². The van der Waals surface area contributed by atoms with E-state index in [0.29, 0.717) is 28.8 Å². The molecule has 0 saturated heterocycles. The van der Waals surface area contributed by atoms with Crippen LogP contribution in [0.4, 0.5) is 13.2 Å². The maximum Gasteiger partial charge on any atom is 0.573 e. The molecule has 6 nitrogen and oxygen atoms in total. The molecule has 3 fully saturated rings. The number of rotatable bonds is 7. The molecule has 0 unspecified atom stereocenters. The van der Waals surface area contributed by atoms with Gasteiger partial charge in [0, 0.05) is 18.0 Å². The van der Waals surface area contributed by atoms with E-state index in [-0.39, 0.29) is 23.3 Å². The summed E-state index contributed by atoms with van der Waals surface area (Å²) in [6.45, 7) is 1.58. The lowest BCUT2D eigenvalue weighted by Gasteiger charge is -2.22. The van der Waals surface area contributed by atoms with Crippen LogP contribution in [0.2, 0.25) is 0 Å². The summed E-state index contributed by atoms with van der Waals surface area (Å²) >= 11 is 1.28. The van der Waals surface area contributed by atoms with E-state index in [4.69, 9.17) is 9.15 Å². The third kappa shape index (κ3) is 5.32. The van der Waals surface area contributed by atoms with Gasteiger partial charge in [-0.15, -0.1) is 24.5 Å². The van der Waals surface area contributed by atoms with E-state index < -0.39 is 18.1 Å². The fraction of sp³-hybridized carbons (Fsp3) is 0.560. The lowest BCUT2D eigenvalue weighted by molar-refractivity contribution is -0.274. The van der Waals surface area contributed by atoms with Crippen molar-refractivity contribution in [2.75, 3.05) is 6.61 Å². The average molecular weight is 509 g/mol. The highest BCUT2D eigenvalue weighted by molar-refractivity contribution is 7.13. The molecule has 2 aromatic heterocycles. The van der Waals surface area contributed by atoms with Crippen LogP contribution in [0, 0.1) is 17.8 Å². The number of fused-ring (bicyclic) bond motifs is 5. The van der Waals surface area contributed by atoms with Gasteiger partial charge in [0.05, 0.1) is 12.2 Å². The van der Waals surface area contributed by atoms with Gasteiger partial charge in [-0.3, -0.25) is 0 Å². The van der Waals surface area contributed by atoms with E-state index in [1.807, 2.05) is 0 Å². The number of hydrogen-bond donors (Lipinski definition) is 0. The molecule has 188 valence electrons. The molecule has 2 bridgehead atoms. The Bertz CT molecular complexity index is 1170. The monoisotopic (exact) mass is 508 g/mol. The number of carbonyl (C=O) groups is 1. The first kappa shape index (κ1) is 24.1. The molecule has 2 heterocycles. The van der Waals surface area contributed by atoms with E-state index in [1.165, 1.54) is 55.9 Å². The largest absolute Gasteiger partial charge is 0.573 e. The van der Waals surface area contributed by atoms with E-state index in [1.54, 1.807) is 18.5 Å². The molecule has 35 heavy (non-hydrogen) atoms. The van der Waals surface area contributed by atoms with Gasteiger partial charge in [-0.05, 0) is 50.0 Å². The number of aryl methyl sites for hydroxylation is 1. The second-order valence-corrected chi connectivity index (χ2v) is 10.3. The number of ether oxygens (including phenoxy) is 2. The van der Waals surface area contributed by atoms with Crippen LogP contribution in [0.15, 0.2) is 22.1 Å². The van der Waals surface area contributed by atoms with Crippen molar-refractivity contribution in [2.24, 2.45) is 17.8 Å². The van der Waals surface area contributed by atoms with Gasteiger partial charge in [0.1, 0.15) is 10.6 Å². The zero-order chi connectivity index (χ0) is 24.6. The van der Waals surface area contributed by atoms with Crippen molar-refractivity contribution in [3.63, 3.8) is 0 Å². The van der Waals surface area contributed by atoms with E-state index >= 15 is 0 Å². The quantitative estimate of drug-likeness (QED) is 0.315. The molecule has 10 heteroatoms.